The number of carboxylic acid groups (broad SMARTS) is 1. The first-order chi connectivity index (χ1) is 18.3. The molecule has 0 fully saturated rings. The van der Waals surface area contributed by atoms with Crippen LogP contribution in [0.5, 0.6) is 5.75 Å². The minimum atomic E-state index is -5.01. The normalized spacial score (nSPS) is 12.4. The standard InChI is InChI=1S/C28H18F6N2O3/c29-27(30,31)21-8-18(9-22(11-21)28(32,33)34)14-36-15-20(10-19(13-35)26(37)38)24-7-6-23(12-25(24)36)39-16-17-4-2-1-3-5-17/h1-12,15H,14,16H2,(H,37,38)/b19-10+. The third-order valence-electron chi connectivity index (χ3n) is 5.78. The molecule has 0 saturated carbocycles. The van der Waals surface area contributed by atoms with Gasteiger partial charge in [0.2, 0.25) is 0 Å². The van der Waals surface area contributed by atoms with Crippen LogP contribution in [-0.2, 0) is 30.3 Å². The summed E-state index contributed by atoms with van der Waals surface area (Å²) < 4.78 is 87.5. The number of fused-ring (bicyclic) bond motifs is 1. The molecule has 0 aliphatic rings. The summed E-state index contributed by atoms with van der Waals surface area (Å²) in [4.78, 5) is 11.4. The second-order valence-corrected chi connectivity index (χ2v) is 8.55. The van der Waals surface area contributed by atoms with Gasteiger partial charge in [0.15, 0.2) is 0 Å². The Labute approximate surface area is 217 Å². The van der Waals surface area contributed by atoms with Gasteiger partial charge in [0, 0.05) is 29.8 Å². The molecule has 5 nitrogen and oxygen atoms in total. The van der Waals surface area contributed by atoms with Crippen LogP contribution in [0.25, 0.3) is 17.0 Å². The van der Waals surface area contributed by atoms with Gasteiger partial charge in [-0.1, -0.05) is 30.3 Å². The van der Waals surface area contributed by atoms with Crippen molar-refractivity contribution in [3.8, 4) is 11.8 Å². The smallest absolute Gasteiger partial charge is 0.416 e. The molecule has 3 aromatic carbocycles. The highest BCUT2D eigenvalue weighted by atomic mass is 19.4. The van der Waals surface area contributed by atoms with Crippen molar-refractivity contribution in [3.63, 3.8) is 0 Å². The molecule has 0 bridgehead atoms. The zero-order valence-corrected chi connectivity index (χ0v) is 19.8. The van der Waals surface area contributed by atoms with Gasteiger partial charge < -0.3 is 14.4 Å². The van der Waals surface area contributed by atoms with Crippen molar-refractivity contribution in [2.45, 2.75) is 25.5 Å². The maximum absolute atomic E-state index is 13.4. The second-order valence-electron chi connectivity index (χ2n) is 8.55. The van der Waals surface area contributed by atoms with Gasteiger partial charge in [-0.25, -0.2) is 4.79 Å². The molecule has 0 unspecified atom stereocenters. The first-order valence-corrected chi connectivity index (χ1v) is 11.3. The van der Waals surface area contributed by atoms with E-state index in [9.17, 15) is 36.2 Å². The molecule has 0 radical (unpaired) electrons. The number of halogens is 6. The zero-order valence-electron chi connectivity index (χ0n) is 19.8. The van der Waals surface area contributed by atoms with E-state index in [1.54, 1.807) is 24.3 Å². The van der Waals surface area contributed by atoms with E-state index in [0.29, 0.717) is 28.8 Å². The van der Waals surface area contributed by atoms with Crippen LogP contribution in [-0.4, -0.2) is 15.6 Å². The summed E-state index contributed by atoms with van der Waals surface area (Å²) in [6, 6.07) is 16.7. The monoisotopic (exact) mass is 544 g/mol. The molecule has 200 valence electrons. The van der Waals surface area contributed by atoms with Gasteiger partial charge >= 0.3 is 18.3 Å². The molecule has 1 heterocycles. The average Bonchev–Trinajstić information content (AvgIpc) is 3.21. The molecule has 0 spiro atoms. The average molecular weight is 544 g/mol. The number of aromatic nitrogens is 1. The molecule has 4 rings (SSSR count). The molecular weight excluding hydrogens is 526 g/mol. The quantitative estimate of drug-likeness (QED) is 0.151. The van der Waals surface area contributed by atoms with Crippen molar-refractivity contribution < 1.29 is 41.0 Å². The molecule has 4 aromatic rings. The SMILES string of the molecule is N#C/C(=C\c1cn(Cc2cc(C(F)(F)F)cc(C(F)(F)F)c2)c2cc(OCc3ccccc3)ccc12)C(=O)O. The fourth-order valence-corrected chi connectivity index (χ4v) is 3.98. The van der Waals surface area contributed by atoms with E-state index >= 15 is 0 Å². The Bertz CT molecular complexity index is 1560. The molecule has 0 atom stereocenters. The summed E-state index contributed by atoms with van der Waals surface area (Å²) in [5.74, 6) is -1.13. The molecule has 1 aromatic heterocycles. The Kier molecular flexibility index (Phi) is 7.40. The highest BCUT2D eigenvalue weighted by Gasteiger charge is 2.37. The lowest BCUT2D eigenvalue weighted by Crippen LogP contribution is -2.12. The second kappa shape index (κ2) is 10.6. The number of nitriles is 1. The van der Waals surface area contributed by atoms with Crippen LogP contribution in [0, 0.1) is 11.3 Å². The number of ether oxygens (including phenoxy) is 1. The molecular formula is C28H18F6N2O3. The fraction of sp³-hybridized carbons (Fsp3) is 0.143. The van der Waals surface area contributed by atoms with E-state index in [4.69, 9.17) is 10.00 Å². The van der Waals surface area contributed by atoms with Crippen molar-refractivity contribution in [3.05, 3.63) is 106 Å². The highest BCUT2D eigenvalue weighted by molar-refractivity contribution is 6.00. The fourth-order valence-electron chi connectivity index (χ4n) is 3.98. The van der Waals surface area contributed by atoms with Crippen LogP contribution in [0.1, 0.15) is 27.8 Å². The summed E-state index contributed by atoms with van der Waals surface area (Å²) >= 11 is 0. The number of hydrogen-bond acceptors (Lipinski definition) is 3. The van der Waals surface area contributed by atoms with E-state index in [-0.39, 0.29) is 23.8 Å². The molecule has 0 aliphatic heterocycles. The van der Waals surface area contributed by atoms with Crippen molar-refractivity contribution in [1.29, 1.82) is 5.26 Å². The zero-order chi connectivity index (χ0) is 28.4. The molecule has 0 saturated heterocycles. The van der Waals surface area contributed by atoms with Gasteiger partial charge in [0.25, 0.3) is 0 Å². The molecule has 39 heavy (non-hydrogen) atoms. The third kappa shape index (κ3) is 6.41. The Hall–Kier alpha value is -4.72. The Balaban J connectivity index is 1.82. The topological polar surface area (TPSA) is 75.2 Å². The Morgan fingerprint density at radius 1 is 0.923 bits per heavy atom. The van der Waals surface area contributed by atoms with Crippen LogP contribution in [0.15, 0.2) is 78.5 Å². The third-order valence-corrected chi connectivity index (χ3v) is 5.78. The Morgan fingerprint density at radius 3 is 2.13 bits per heavy atom. The maximum Gasteiger partial charge on any atom is 0.416 e. The molecule has 1 N–H and O–H groups in total. The number of rotatable bonds is 7. The van der Waals surface area contributed by atoms with Crippen LogP contribution in [0.4, 0.5) is 26.3 Å². The van der Waals surface area contributed by atoms with Gasteiger partial charge in [0.05, 0.1) is 16.6 Å². The summed E-state index contributed by atoms with van der Waals surface area (Å²) in [6.07, 6.45) is -7.58. The minimum absolute atomic E-state index is 0.0486. The van der Waals surface area contributed by atoms with Crippen molar-refractivity contribution in [1.82, 2.24) is 4.57 Å². The number of benzene rings is 3. The number of carbonyl (C=O) groups is 1. The lowest BCUT2D eigenvalue weighted by molar-refractivity contribution is -0.143. The van der Waals surface area contributed by atoms with Gasteiger partial charge in [0.1, 0.15) is 24.0 Å². The van der Waals surface area contributed by atoms with E-state index in [1.807, 2.05) is 30.3 Å². The molecule has 11 heteroatoms. The van der Waals surface area contributed by atoms with Crippen LogP contribution in [0.2, 0.25) is 0 Å². The van der Waals surface area contributed by atoms with Gasteiger partial charge in [-0.3, -0.25) is 0 Å². The summed E-state index contributed by atoms with van der Waals surface area (Å²) in [6.45, 7) is -0.214. The van der Waals surface area contributed by atoms with E-state index in [0.717, 1.165) is 11.6 Å². The summed E-state index contributed by atoms with van der Waals surface area (Å²) in [5, 5.41) is 18.8. The molecule has 0 amide bonds. The van der Waals surface area contributed by atoms with Crippen LogP contribution in [0.3, 0.4) is 0 Å². The van der Waals surface area contributed by atoms with Gasteiger partial charge in [-0.15, -0.1) is 0 Å². The van der Waals surface area contributed by atoms with E-state index < -0.39 is 41.6 Å². The van der Waals surface area contributed by atoms with Gasteiger partial charge in [-0.2, -0.15) is 31.6 Å². The number of aliphatic carboxylic acids is 1. The lowest BCUT2D eigenvalue weighted by Gasteiger charge is -2.15. The summed E-state index contributed by atoms with van der Waals surface area (Å²) in [7, 11) is 0. The predicted octanol–water partition coefficient (Wildman–Crippen LogP) is 7.30. The predicted molar refractivity (Wildman–Crippen MR) is 129 cm³/mol. The number of alkyl halides is 6. The number of hydrogen-bond donors (Lipinski definition) is 1. The van der Waals surface area contributed by atoms with Crippen LogP contribution < -0.4 is 4.74 Å². The largest absolute Gasteiger partial charge is 0.489 e. The highest BCUT2D eigenvalue weighted by Crippen LogP contribution is 2.37. The van der Waals surface area contributed by atoms with Crippen LogP contribution >= 0.6 is 0 Å². The van der Waals surface area contributed by atoms with Crippen molar-refractivity contribution >= 4 is 22.9 Å². The van der Waals surface area contributed by atoms with E-state index in [2.05, 4.69) is 0 Å². The van der Waals surface area contributed by atoms with E-state index in [1.165, 1.54) is 10.8 Å². The number of carboxylic acids is 1. The summed E-state index contributed by atoms with van der Waals surface area (Å²) in [5.41, 5.74) is -2.33. The lowest BCUT2D eigenvalue weighted by atomic mass is 10.0. The maximum atomic E-state index is 13.4. The minimum Gasteiger partial charge on any atom is -0.489 e. The number of nitrogens with zero attached hydrogens (tertiary/aromatic N) is 2. The van der Waals surface area contributed by atoms with Gasteiger partial charge in [-0.05, 0) is 47.5 Å². The molecule has 0 aliphatic carbocycles. The first-order valence-electron chi connectivity index (χ1n) is 11.3. The van der Waals surface area contributed by atoms with Crippen molar-refractivity contribution in [2.24, 2.45) is 0 Å². The van der Waals surface area contributed by atoms with Crippen molar-refractivity contribution in [2.75, 3.05) is 0 Å². The Morgan fingerprint density at radius 2 is 1.56 bits per heavy atom. The first kappa shape index (κ1) is 27.3.